The molecule has 1 atom stereocenters. The fourth-order valence-electron chi connectivity index (χ4n) is 2.55. The first kappa shape index (κ1) is 18.1. The monoisotopic (exact) mass is 371 g/mol. The number of hydrogen-bond acceptors (Lipinski definition) is 5. The second kappa shape index (κ2) is 7.65. The number of nitrogens with zero attached hydrogens (tertiary/aromatic N) is 4. The van der Waals surface area contributed by atoms with Crippen LogP contribution in [0.15, 0.2) is 47.6 Å². The van der Waals surface area contributed by atoms with Gasteiger partial charge in [0.15, 0.2) is 0 Å². The Kier molecular flexibility index (Phi) is 5.32. The molecule has 0 fully saturated rings. The van der Waals surface area contributed by atoms with Crippen LogP contribution in [0.5, 0.6) is 0 Å². The van der Waals surface area contributed by atoms with Crippen molar-refractivity contribution in [3.63, 3.8) is 0 Å². The molecule has 0 bridgehead atoms. The van der Waals surface area contributed by atoms with Gasteiger partial charge < -0.3 is 5.32 Å². The third kappa shape index (κ3) is 3.91. The van der Waals surface area contributed by atoms with Crippen LogP contribution in [0.3, 0.4) is 0 Å². The molecule has 0 aliphatic rings. The molecule has 134 valence electrons. The third-order valence-corrected chi connectivity index (χ3v) is 4.87. The van der Waals surface area contributed by atoms with E-state index in [0.717, 1.165) is 16.8 Å². The largest absolute Gasteiger partial charge is 0.325 e. The normalized spacial score (nSPS) is 12.0. The summed E-state index contributed by atoms with van der Waals surface area (Å²) in [6.45, 7) is 5.72. The smallest absolute Gasteiger partial charge is 0.237 e. The van der Waals surface area contributed by atoms with Crippen molar-refractivity contribution in [3.05, 3.63) is 59.4 Å². The summed E-state index contributed by atoms with van der Waals surface area (Å²) in [5.41, 5.74) is 3.39. The van der Waals surface area contributed by atoms with Gasteiger partial charge in [0.1, 0.15) is 5.82 Å². The van der Waals surface area contributed by atoms with E-state index < -0.39 is 11.1 Å². The van der Waals surface area contributed by atoms with Gasteiger partial charge in [-0.25, -0.2) is 4.39 Å². The van der Waals surface area contributed by atoms with Gasteiger partial charge in [0.05, 0.1) is 10.9 Å². The van der Waals surface area contributed by atoms with Crippen LogP contribution in [-0.4, -0.2) is 31.4 Å². The molecule has 1 N–H and O–H groups in total. The van der Waals surface area contributed by atoms with Crippen LogP contribution in [0.2, 0.25) is 0 Å². The molecule has 0 saturated carbocycles. The van der Waals surface area contributed by atoms with Gasteiger partial charge in [-0.1, -0.05) is 36.0 Å². The molecule has 8 heteroatoms. The maximum atomic E-state index is 13.3. The number of halogens is 1. The fourth-order valence-corrected chi connectivity index (χ4v) is 3.35. The van der Waals surface area contributed by atoms with E-state index in [4.69, 9.17) is 0 Å². The highest BCUT2D eigenvalue weighted by molar-refractivity contribution is 8.00. The molecule has 2 aromatic carbocycles. The van der Waals surface area contributed by atoms with Gasteiger partial charge >= 0.3 is 0 Å². The summed E-state index contributed by atoms with van der Waals surface area (Å²) in [7, 11) is 0. The van der Waals surface area contributed by atoms with E-state index in [2.05, 4.69) is 20.8 Å². The summed E-state index contributed by atoms with van der Waals surface area (Å²) in [5.74, 6) is -0.654. The number of aromatic nitrogens is 4. The van der Waals surface area contributed by atoms with Crippen molar-refractivity contribution in [2.45, 2.75) is 31.2 Å². The van der Waals surface area contributed by atoms with Gasteiger partial charge in [-0.05, 0) is 60.5 Å². The molecule has 1 amide bonds. The van der Waals surface area contributed by atoms with Gasteiger partial charge in [-0.3, -0.25) is 4.79 Å². The van der Waals surface area contributed by atoms with Crippen molar-refractivity contribution in [2.24, 2.45) is 0 Å². The number of carbonyl (C=O) groups excluding carboxylic acids is 1. The molecule has 0 aliphatic heterocycles. The van der Waals surface area contributed by atoms with E-state index in [1.165, 1.54) is 23.9 Å². The predicted molar refractivity (Wildman–Crippen MR) is 99.0 cm³/mol. The van der Waals surface area contributed by atoms with Crippen molar-refractivity contribution < 1.29 is 9.18 Å². The van der Waals surface area contributed by atoms with E-state index in [1.807, 2.05) is 32.0 Å². The van der Waals surface area contributed by atoms with Gasteiger partial charge in [-0.15, -0.1) is 5.10 Å². The number of anilines is 1. The lowest BCUT2D eigenvalue weighted by Gasteiger charge is -2.13. The standard InChI is InChI=1S/C18H18FN5OS/c1-11-6-4-7-12(2)16(11)24-18(21-22-23-24)26-13(3)17(25)20-15-9-5-8-14(19)10-15/h4-10,13H,1-3H3,(H,20,25)/t13-/m0/s1. The Labute approximate surface area is 154 Å². The van der Waals surface area contributed by atoms with Crippen LogP contribution in [0.1, 0.15) is 18.1 Å². The van der Waals surface area contributed by atoms with Crippen molar-refractivity contribution in [1.82, 2.24) is 20.2 Å². The van der Waals surface area contributed by atoms with Crippen molar-refractivity contribution in [3.8, 4) is 5.69 Å². The summed E-state index contributed by atoms with van der Waals surface area (Å²) in [4.78, 5) is 12.4. The first-order chi connectivity index (χ1) is 12.5. The van der Waals surface area contributed by atoms with Crippen LogP contribution >= 0.6 is 11.8 Å². The second-order valence-electron chi connectivity index (χ2n) is 5.87. The maximum Gasteiger partial charge on any atom is 0.237 e. The number of carbonyl (C=O) groups is 1. The molecule has 1 heterocycles. The average molecular weight is 371 g/mol. The third-order valence-electron chi connectivity index (χ3n) is 3.84. The Morgan fingerprint density at radius 1 is 1.19 bits per heavy atom. The van der Waals surface area contributed by atoms with E-state index in [9.17, 15) is 9.18 Å². The minimum atomic E-state index is -0.465. The Balaban J connectivity index is 1.77. The summed E-state index contributed by atoms with van der Waals surface area (Å²) < 4.78 is 14.9. The van der Waals surface area contributed by atoms with Crippen molar-refractivity contribution in [2.75, 3.05) is 5.32 Å². The van der Waals surface area contributed by atoms with E-state index in [1.54, 1.807) is 23.7 Å². The molecule has 26 heavy (non-hydrogen) atoms. The highest BCUT2D eigenvalue weighted by Crippen LogP contribution is 2.26. The van der Waals surface area contributed by atoms with Crippen molar-refractivity contribution in [1.29, 1.82) is 0 Å². The molecule has 0 unspecified atom stereocenters. The Morgan fingerprint density at radius 3 is 2.58 bits per heavy atom. The Hall–Kier alpha value is -2.74. The molecule has 0 spiro atoms. The molecule has 3 aromatic rings. The van der Waals surface area contributed by atoms with Crippen LogP contribution < -0.4 is 5.32 Å². The first-order valence-corrected chi connectivity index (χ1v) is 8.91. The number of hydrogen-bond donors (Lipinski definition) is 1. The van der Waals surface area contributed by atoms with Crippen LogP contribution in [0.4, 0.5) is 10.1 Å². The van der Waals surface area contributed by atoms with Crippen LogP contribution in [0, 0.1) is 19.7 Å². The number of amides is 1. The summed E-state index contributed by atoms with van der Waals surface area (Å²) >= 11 is 1.24. The second-order valence-corrected chi connectivity index (χ2v) is 7.18. The highest BCUT2D eigenvalue weighted by atomic mass is 32.2. The lowest BCUT2D eigenvalue weighted by atomic mass is 10.1. The number of thioether (sulfide) groups is 1. The quantitative estimate of drug-likeness (QED) is 0.695. The van der Waals surface area contributed by atoms with Gasteiger partial charge in [0.25, 0.3) is 0 Å². The zero-order chi connectivity index (χ0) is 18.7. The zero-order valence-corrected chi connectivity index (χ0v) is 15.4. The Morgan fingerprint density at radius 2 is 1.88 bits per heavy atom. The number of tetrazole rings is 1. The SMILES string of the molecule is Cc1cccc(C)c1-n1nnnc1S[C@@H](C)C(=O)Nc1cccc(F)c1. The maximum absolute atomic E-state index is 13.3. The first-order valence-electron chi connectivity index (χ1n) is 8.04. The lowest BCUT2D eigenvalue weighted by molar-refractivity contribution is -0.115. The van der Waals surface area contributed by atoms with E-state index >= 15 is 0 Å². The Bertz CT molecular complexity index is 923. The van der Waals surface area contributed by atoms with E-state index in [0.29, 0.717) is 10.8 Å². The number of aryl methyl sites for hydroxylation is 2. The zero-order valence-electron chi connectivity index (χ0n) is 14.6. The molecular formula is C18H18FN5OS. The summed E-state index contributed by atoms with van der Waals surface area (Å²) in [5, 5.41) is 14.6. The topological polar surface area (TPSA) is 72.7 Å². The lowest BCUT2D eigenvalue weighted by Crippen LogP contribution is -2.23. The molecule has 0 radical (unpaired) electrons. The summed E-state index contributed by atoms with van der Waals surface area (Å²) in [6, 6.07) is 11.7. The van der Waals surface area contributed by atoms with Crippen molar-refractivity contribution >= 4 is 23.4 Å². The fraction of sp³-hybridized carbons (Fsp3) is 0.222. The number of rotatable bonds is 5. The van der Waals surface area contributed by atoms with Crippen LogP contribution in [0.25, 0.3) is 5.69 Å². The summed E-state index contributed by atoms with van der Waals surface area (Å²) in [6.07, 6.45) is 0. The molecule has 1 aromatic heterocycles. The predicted octanol–water partition coefficient (Wildman–Crippen LogP) is 3.54. The van der Waals surface area contributed by atoms with Crippen LogP contribution in [-0.2, 0) is 4.79 Å². The molecule has 0 saturated heterocycles. The van der Waals surface area contributed by atoms with E-state index in [-0.39, 0.29) is 5.91 Å². The molecular weight excluding hydrogens is 353 g/mol. The molecule has 0 aliphatic carbocycles. The van der Waals surface area contributed by atoms with Gasteiger partial charge in [0, 0.05) is 5.69 Å². The molecule has 3 rings (SSSR count). The number of benzene rings is 2. The van der Waals surface area contributed by atoms with Gasteiger partial charge in [0.2, 0.25) is 11.1 Å². The minimum Gasteiger partial charge on any atom is -0.325 e. The minimum absolute atomic E-state index is 0.253. The highest BCUT2D eigenvalue weighted by Gasteiger charge is 2.20. The van der Waals surface area contributed by atoms with Gasteiger partial charge in [-0.2, -0.15) is 4.68 Å². The molecule has 6 nitrogen and oxygen atoms in total. The number of para-hydroxylation sites is 1. The number of nitrogens with one attached hydrogen (secondary N) is 1. The average Bonchev–Trinajstić information content (AvgIpc) is 3.02.